The molecule has 0 saturated carbocycles. The number of hydrogen-bond acceptors (Lipinski definition) is 9. The number of carbonyl (C=O) groups is 1. The van der Waals surface area contributed by atoms with E-state index >= 15 is 0 Å². The fourth-order valence-electron chi connectivity index (χ4n) is 5.97. The molecule has 4 atom stereocenters. The average molecular weight is 578 g/mol. The van der Waals surface area contributed by atoms with Gasteiger partial charge in [0, 0.05) is 0 Å². The van der Waals surface area contributed by atoms with Gasteiger partial charge in [-0.2, -0.15) is 8.42 Å². The summed E-state index contributed by atoms with van der Waals surface area (Å²) < 4.78 is 61.8. The summed E-state index contributed by atoms with van der Waals surface area (Å²) in [5.74, 6) is -1.06. The molecule has 3 fully saturated rings. The van der Waals surface area contributed by atoms with E-state index in [1.54, 1.807) is 13.8 Å². The van der Waals surface area contributed by atoms with Crippen molar-refractivity contribution in [3.05, 3.63) is 60.7 Å². The Morgan fingerprint density at radius 2 is 1.56 bits per heavy atom. The molecule has 0 aromatic heterocycles. The fraction of sp³-hybridized carbons (Fsp3) is 0.519. The van der Waals surface area contributed by atoms with E-state index in [1.165, 1.54) is 0 Å². The van der Waals surface area contributed by atoms with Gasteiger partial charge in [0.2, 0.25) is 5.72 Å². The number of methoxy groups -OCH3 is 1. The quantitative estimate of drug-likeness (QED) is 0.495. The normalized spacial score (nSPS) is 29.5. The van der Waals surface area contributed by atoms with Crippen LogP contribution < -0.4 is 10.4 Å². The van der Waals surface area contributed by atoms with Crippen molar-refractivity contribution in [1.29, 1.82) is 0 Å². The summed E-state index contributed by atoms with van der Waals surface area (Å²) >= 11 is 0. The van der Waals surface area contributed by atoms with Crippen LogP contribution in [0.5, 0.6) is 0 Å². The lowest BCUT2D eigenvalue weighted by molar-refractivity contribution is -0.229. The van der Waals surface area contributed by atoms with Crippen LogP contribution in [0.3, 0.4) is 0 Å². The lowest BCUT2D eigenvalue weighted by atomic mass is 10.0. The third kappa shape index (κ3) is 4.51. The highest BCUT2D eigenvalue weighted by Gasteiger charge is 2.72. The molecule has 3 aliphatic rings. The predicted molar refractivity (Wildman–Crippen MR) is 144 cm³/mol. The summed E-state index contributed by atoms with van der Waals surface area (Å²) in [6.07, 6.45) is -3.60. The molecule has 3 saturated heterocycles. The van der Waals surface area contributed by atoms with Gasteiger partial charge in [-0.3, -0.25) is 0 Å². The van der Waals surface area contributed by atoms with Gasteiger partial charge in [0.15, 0.2) is 5.79 Å². The summed E-state index contributed by atoms with van der Waals surface area (Å²) in [6, 6.07) is 20.3. The molecular formula is C27H35NO9SSi. The zero-order valence-electron chi connectivity index (χ0n) is 22.9. The smallest absolute Gasteiger partial charge is 0.427 e. The Balaban J connectivity index is 1.56. The van der Waals surface area contributed by atoms with Crippen molar-refractivity contribution in [2.75, 3.05) is 20.3 Å². The van der Waals surface area contributed by atoms with E-state index in [1.807, 2.05) is 36.4 Å². The molecule has 3 heterocycles. The van der Waals surface area contributed by atoms with E-state index in [4.69, 9.17) is 27.6 Å². The largest absolute Gasteiger partial charge is 0.452 e. The highest BCUT2D eigenvalue weighted by molar-refractivity contribution is 7.85. The van der Waals surface area contributed by atoms with Crippen LogP contribution in [-0.2, 0) is 37.9 Å². The second-order valence-electron chi connectivity index (χ2n) is 11.5. The van der Waals surface area contributed by atoms with Gasteiger partial charge in [0.05, 0.1) is 13.7 Å². The van der Waals surface area contributed by atoms with Crippen LogP contribution in [0.25, 0.3) is 0 Å². The van der Waals surface area contributed by atoms with Gasteiger partial charge in [0.25, 0.3) is 8.32 Å². The van der Waals surface area contributed by atoms with Crippen LogP contribution in [0.4, 0.5) is 4.79 Å². The molecule has 39 heavy (non-hydrogen) atoms. The van der Waals surface area contributed by atoms with E-state index in [2.05, 4.69) is 45.0 Å². The number of ether oxygens (including phenoxy) is 4. The number of nitrogens with zero attached hydrogens (tertiary/aromatic N) is 1. The maximum Gasteiger partial charge on any atom is 0.427 e. The van der Waals surface area contributed by atoms with Gasteiger partial charge in [-0.15, -0.1) is 4.31 Å². The Labute approximate surface area is 230 Å². The standard InChI is InChI=1S/C27H35NO9SSi/c1-25(2,3)39(19-13-9-7-10-14-19,20-15-11-8-12-16-20)34-17-21-22-23(37-26(4,5)36-22)27(35-21)18-33-38(30,31)28(27)24(29)32-6/h7-16,21-23H,17-18H2,1-6H3/t21-,22-,23-,27+/m1/s1. The van der Waals surface area contributed by atoms with Crippen molar-refractivity contribution < 1.29 is 40.8 Å². The van der Waals surface area contributed by atoms with Gasteiger partial charge in [-0.05, 0) is 29.3 Å². The molecule has 1 spiro atoms. The highest BCUT2D eigenvalue weighted by Crippen LogP contribution is 2.50. The number of rotatable bonds is 5. The molecule has 1 amide bonds. The molecule has 212 valence electrons. The molecule has 10 nitrogen and oxygen atoms in total. The minimum Gasteiger partial charge on any atom is -0.452 e. The van der Waals surface area contributed by atoms with Gasteiger partial charge in [-0.1, -0.05) is 81.4 Å². The van der Waals surface area contributed by atoms with Crippen molar-refractivity contribution >= 4 is 35.1 Å². The Hall–Kier alpha value is -2.32. The molecule has 2 aromatic rings. The van der Waals surface area contributed by atoms with Crippen LogP contribution in [-0.4, -0.2) is 77.3 Å². The predicted octanol–water partition coefficient (Wildman–Crippen LogP) is 2.52. The third-order valence-electron chi connectivity index (χ3n) is 7.50. The van der Waals surface area contributed by atoms with Gasteiger partial charge in [0.1, 0.15) is 24.9 Å². The first-order valence-electron chi connectivity index (χ1n) is 12.8. The molecule has 0 aliphatic carbocycles. The highest BCUT2D eigenvalue weighted by atomic mass is 32.2. The number of fused-ring (bicyclic) bond motifs is 2. The maximum atomic E-state index is 12.8. The van der Waals surface area contributed by atoms with Gasteiger partial charge >= 0.3 is 16.4 Å². The lowest BCUT2D eigenvalue weighted by Gasteiger charge is -2.43. The van der Waals surface area contributed by atoms with E-state index in [0.29, 0.717) is 4.31 Å². The molecule has 3 aliphatic heterocycles. The molecular weight excluding hydrogens is 542 g/mol. The Morgan fingerprint density at radius 3 is 2.08 bits per heavy atom. The van der Waals surface area contributed by atoms with E-state index in [-0.39, 0.29) is 11.6 Å². The molecule has 0 bridgehead atoms. The van der Waals surface area contributed by atoms with Crippen molar-refractivity contribution in [3.63, 3.8) is 0 Å². The number of carbonyl (C=O) groups excluding carboxylic acids is 1. The summed E-state index contributed by atoms with van der Waals surface area (Å²) in [5, 5.41) is 1.87. The molecule has 2 aromatic carbocycles. The summed E-state index contributed by atoms with van der Waals surface area (Å²) in [5.41, 5.74) is -1.80. The van der Waals surface area contributed by atoms with Crippen LogP contribution in [0.15, 0.2) is 60.7 Å². The van der Waals surface area contributed by atoms with Crippen molar-refractivity contribution in [2.45, 2.75) is 69.5 Å². The van der Waals surface area contributed by atoms with Crippen LogP contribution in [0.2, 0.25) is 5.04 Å². The maximum absolute atomic E-state index is 12.8. The molecule has 5 rings (SSSR count). The van der Waals surface area contributed by atoms with Crippen LogP contribution in [0, 0.1) is 0 Å². The minimum absolute atomic E-state index is 0.0602. The summed E-state index contributed by atoms with van der Waals surface area (Å²) in [4.78, 5) is 12.7. The van der Waals surface area contributed by atoms with E-state index in [0.717, 1.165) is 17.5 Å². The fourth-order valence-corrected chi connectivity index (χ4v) is 11.8. The number of hydrogen-bond donors (Lipinski definition) is 0. The molecule has 0 unspecified atom stereocenters. The monoisotopic (exact) mass is 577 g/mol. The zero-order chi connectivity index (χ0) is 28.3. The Morgan fingerprint density at radius 1 is 1.00 bits per heavy atom. The topological polar surface area (TPSA) is 110 Å². The van der Waals surface area contributed by atoms with Crippen LogP contribution in [0.1, 0.15) is 34.6 Å². The minimum atomic E-state index is -4.48. The first kappa shape index (κ1) is 28.2. The van der Waals surface area contributed by atoms with Crippen molar-refractivity contribution in [1.82, 2.24) is 4.31 Å². The van der Waals surface area contributed by atoms with Crippen molar-refractivity contribution in [3.8, 4) is 0 Å². The SMILES string of the molecule is COC(=O)N1[C@@]2(COS1(=O)=O)O[C@H](CO[Si](c1ccccc1)(c1ccccc1)C(C)(C)C)[C@H]1OC(C)(C)O[C@H]12. The first-order chi connectivity index (χ1) is 18.3. The third-order valence-corrected chi connectivity index (χ3v) is 13.8. The van der Waals surface area contributed by atoms with Crippen molar-refractivity contribution in [2.24, 2.45) is 0 Å². The van der Waals surface area contributed by atoms with Crippen LogP contribution >= 0.6 is 0 Å². The molecule has 0 N–H and O–H groups in total. The second kappa shape index (κ2) is 9.65. The first-order valence-corrected chi connectivity index (χ1v) is 16.1. The van der Waals surface area contributed by atoms with Gasteiger partial charge in [-0.25, -0.2) is 8.98 Å². The Kier molecular flexibility index (Phi) is 6.98. The van der Waals surface area contributed by atoms with E-state index in [9.17, 15) is 13.2 Å². The average Bonchev–Trinajstić information content (AvgIpc) is 3.46. The second-order valence-corrected chi connectivity index (χ2v) is 17.2. The van der Waals surface area contributed by atoms with E-state index < -0.39 is 61.1 Å². The molecule has 12 heteroatoms. The Bertz CT molecular complexity index is 1280. The zero-order valence-corrected chi connectivity index (χ0v) is 24.8. The number of benzene rings is 2. The lowest BCUT2D eigenvalue weighted by Crippen LogP contribution is -2.67. The number of amides is 1. The summed E-state index contributed by atoms with van der Waals surface area (Å²) in [7, 11) is -6.34. The summed E-state index contributed by atoms with van der Waals surface area (Å²) in [6.45, 7) is 9.54. The van der Waals surface area contributed by atoms with Gasteiger partial charge < -0.3 is 23.4 Å². The molecule has 0 radical (unpaired) electrons.